The van der Waals surface area contributed by atoms with Crippen molar-refractivity contribution in [3.05, 3.63) is 58.0 Å². The Morgan fingerprint density at radius 1 is 1.11 bits per heavy atom. The van der Waals surface area contributed by atoms with E-state index in [-0.39, 0.29) is 23.9 Å². The molecule has 0 radical (unpaired) electrons. The molecule has 0 spiro atoms. The lowest BCUT2D eigenvalue weighted by Crippen LogP contribution is -2.38. The summed E-state index contributed by atoms with van der Waals surface area (Å²) in [6, 6.07) is 10.7. The molecular weight excluding hydrogens is 249 g/mol. The van der Waals surface area contributed by atoms with E-state index >= 15 is 0 Å². The summed E-state index contributed by atoms with van der Waals surface area (Å²) in [4.78, 5) is 1.16. The van der Waals surface area contributed by atoms with Gasteiger partial charge in [-0.3, -0.25) is 0 Å². The van der Waals surface area contributed by atoms with Gasteiger partial charge in [0.2, 0.25) is 0 Å². The van der Waals surface area contributed by atoms with Crippen LogP contribution in [0, 0.1) is 5.82 Å². The lowest BCUT2D eigenvalue weighted by Gasteiger charge is -2.20. The summed E-state index contributed by atoms with van der Waals surface area (Å²) in [5.74, 6) is -0.158. The van der Waals surface area contributed by atoms with Gasteiger partial charge in [0.25, 0.3) is 0 Å². The Labute approximate surface area is 109 Å². The Morgan fingerprint density at radius 2 is 1.94 bits per heavy atom. The largest absolute Gasteiger partial charge is 0.314 e. The van der Waals surface area contributed by atoms with Crippen molar-refractivity contribution in [3.8, 4) is 0 Å². The Balaban J connectivity index is 1.99. The van der Waals surface area contributed by atoms with Crippen LogP contribution in [-0.2, 0) is 0 Å². The normalized spacial score (nSPS) is 27.6. The zero-order valence-corrected chi connectivity index (χ0v) is 10.5. The van der Waals surface area contributed by atoms with Crippen LogP contribution in [0.25, 0.3) is 0 Å². The molecule has 0 bridgehead atoms. The molecule has 4 N–H and O–H groups in total. The van der Waals surface area contributed by atoms with Crippen molar-refractivity contribution in [1.82, 2.24) is 10.9 Å². The predicted molar refractivity (Wildman–Crippen MR) is 70.4 cm³/mol. The first-order valence-electron chi connectivity index (χ1n) is 5.82. The van der Waals surface area contributed by atoms with Gasteiger partial charge in [0.05, 0.1) is 12.2 Å². The summed E-state index contributed by atoms with van der Waals surface area (Å²) in [6.45, 7) is 0. The minimum absolute atomic E-state index is 0.0434. The van der Waals surface area contributed by atoms with E-state index < -0.39 is 0 Å². The van der Waals surface area contributed by atoms with E-state index in [9.17, 15) is 4.39 Å². The molecule has 1 saturated heterocycles. The number of halogens is 1. The molecule has 2 heterocycles. The molecular formula is C13H14FN3S. The minimum atomic E-state index is -0.215. The molecule has 1 aromatic carbocycles. The molecule has 1 fully saturated rings. The van der Waals surface area contributed by atoms with Crippen LogP contribution in [0.3, 0.4) is 0 Å². The second-order valence-corrected chi connectivity index (χ2v) is 5.33. The first-order chi connectivity index (χ1) is 8.77. The van der Waals surface area contributed by atoms with Crippen molar-refractivity contribution in [2.24, 2.45) is 5.73 Å². The molecule has 1 aliphatic rings. The third-order valence-electron chi connectivity index (χ3n) is 3.26. The molecule has 0 saturated carbocycles. The van der Waals surface area contributed by atoms with E-state index in [4.69, 9.17) is 5.73 Å². The van der Waals surface area contributed by atoms with Crippen LogP contribution in [0.1, 0.15) is 22.4 Å². The maximum atomic E-state index is 13.9. The Kier molecular flexibility index (Phi) is 3.13. The van der Waals surface area contributed by atoms with E-state index in [1.807, 2.05) is 23.6 Å². The zero-order chi connectivity index (χ0) is 12.5. The van der Waals surface area contributed by atoms with Gasteiger partial charge in [-0.1, -0.05) is 24.3 Å². The SMILES string of the molecule is NC1NNC(c2ccccc2F)C1c1cccs1. The number of hydrogen-bond donors (Lipinski definition) is 3. The standard InChI is InChI=1S/C13H14FN3S/c14-9-5-2-1-4-8(9)12-11(13(15)17-16-12)10-6-3-7-18-10/h1-7,11-13,16-17H,15H2. The third kappa shape index (κ3) is 1.95. The molecule has 0 amide bonds. The first-order valence-corrected chi connectivity index (χ1v) is 6.70. The fourth-order valence-electron chi connectivity index (χ4n) is 2.39. The highest BCUT2D eigenvalue weighted by atomic mass is 32.1. The molecule has 3 nitrogen and oxygen atoms in total. The lowest BCUT2D eigenvalue weighted by atomic mass is 9.91. The monoisotopic (exact) mass is 263 g/mol. The van der Waals surface area contributed by atoms with Crippen molar-refractivity contribution in [2.75, 3.05) is 0 Å². The van der Waals surface area contributed by atoms with Crippen LogP contribution in [0.15, 0.2) is 41.8 Å². The highest BCUT2D eigenvalue weighted by molar-refractivity contribution is 7.10. The van der Waals surface area contributed by atoms with Gasteiger partial charge in [0.1, 0.15) is 5.82 Å². The second-order valence-electron chi connectivity index (χ2n) is 4.35. The maximum absolute atomic E-state index is 13.9. The van der Waals surface area contributed by atoms with Crippen molar-refractivity contribution >= 4 is 11.3 Å². The summed E-state index contributed by atoms with van der Waals surface area (Å²) in [7, 11) is 0. The number of nitrogens with one attached hydrogen (secondary N) is 2. The average Bonchev–Trinajstić information content (AvgIpc) is 2.98. The summed E-state index contributed by atoms with van der Waals surface area (Å²) >= 11 is 1.65. The van der Waals surface area contributed by atoms with Gasteiger partial charge >= 0.3 is 0 Å². The van der Waals surface area contributed by atoms with E-state index in [0.717, 1.165) is 4.88 Å². The lowest BCUT2D eigenvalue weighted by molar-refractivity contribution is 0.514. The Hall–Kier alpha value is -1.27. The van der Waals surface area contributed by atoms with Crippen molar-refractivity contribution in [2.45, 2.75) is 18.1 Å². The fraction of sp³-hybridized carbons (Fsp3) is 0.231. The summed E-state index contributed by atoms with van der Waals surface area (Å²) in [5.41, 5.74) is 12.8. The van der Waals surface area contributed by atoms with Gasteiger partial charge in [-0.15, -0.1) is 11.3 Å². The summed E-state index contributed by atoms with van der Waals surface area (Å²) in [5, 5.41) is 2.01. The van der Waals surface area contributed by atoms with Crippen LogP contribution in [0.2, 0.25) is 0 Å². The van der Waals surface area contributed by atoms with Crippen LogP contribution < -0.4 is 16.6 Å². The molecule has 5 heteroatoms. The van der Waals surface area contributed by atoms with Gasteiger partial charge in [0.15, 0.2) is 0 Å². The van der Waals surface area contributed by atoms with E-state index in [1.165, 1.54) is 6.07 Å². The van der Waals surface area contributed by atoms with Crippen LogP contribution in [-0.4, -0.2) is 6.17 Å². The van der Waals surface area contributed by atoms with Gasteiger partial charge in [-0.2, -0.15) is 0 Å². The van der Waals surface area contributed by atoms with Gasteiger partial charge in [-0.05, 0) is 17.5 Å². The van der Waals surface area contributed by atoms with Crippen LogP contribution >= 0.6 is 11.3 Å². The molecule has 1 aromatic heterocycles. The van der Waals surface area contributed by atoms with E-state index in [1.54, 1.807) is 23.5 Å². The molecule has 3 rings (SSSR count). The summed E-state index contributed by atoms with van der Waals surface area (Å²) in [6.07, 6.45) is -0.215. The van der Waals surface area contributed by atoms with Gasteiger partial charge < -0.3 is 5.73 Å². The molecule has 94 valence electrons. The number of rotatable bonds is 2. The minimum Gasteiger partial charge on any atom is -0.314 e. The first kappa shape index (κ1) is 11.8. The average molecular weight is 263 g/mol. The number of thiophene rings is 1. The number of nitrogens with two attached hydrogens (primary N) is 1. The molecule has 2 aromatic rings. The van der Waals surface area contributed by atoms with Gasteiger partial charge in [-0.25, -0.2) is 15.2 Å². The Bertz CT molecular complexity index is 529. The van der Waals surface area contributed by atoms with Crippen LogP contribution in [0.5, 0.6) is 0 Å². The molecule has 0 aliphatic carbocycles. The molecule has 18 heavy (non-hydrogen) atoms. The van der Waals surface area contributed by atoms with Crippen LogP contribution in [0.4, 0.5) is 4.39 Å². The number of benzene rings is 1. The maximum Gasteiger partial charge on any atom is 0.128 e. The smallest absolute Gasteiger partial charge is 0.128 e. The topological polar surface area (TPSA) is 50.1 Å². The van der Waals surface area contributed by atoms with Crippen molar-refractivity contribution < 1.29 is 4.39 Å². The van der Waals surface area contributed by atoms with Crippen molar-refractivity contribution in [1.29, 1.82) is 0 Å². The van der Waals surface area contributed by atoms with Crippen molar-refractivity contribution in [3.63, 3.8) is 0 Å². The highest BCUT2D eigenvalue weighted by Gasteiger charge is 2.37. The highest BCUT2D eigenvalue weighted by Crippen LogP contribution is 2.38. The number of hydrazine groups is 1. The quantitative estimate of drug-likeness (QED) is 0.778. The molecule has 3 atom stereocenters. The third-order valence-corrected chi connectivity index (χ3v) is 4.24. The zero-order valence-electron chi connectivity index (χ0n) is 9.64. The summed E-state index contributed by atoms with van der Waals surface area (Å²) < 4.78 is 13.9. The molecule has 3 unspecified atom stereocenters. The van der Waals surface area contributed by atoms with E-state index in [2.05, 4.69) is 10.9 Å². The predicted octanol–water partition coefficient (Wildman–Crippen LogP) is 2.10. The number of hydrogen-bond acceptors (Lipinski definition) is 4. The van der Waals surface area contributed by atoms with E-state index in [0.29, 0.717) is 5.56 Å². The molecule has 1 aliphatic heterocycles. The Morgan fingerprint density at radius 3 is 2.67 bits per heavy atom. The second kappa shape index (κ2) is 4.78. The fourth-order valence-corrected chi connectivity index (χ4v) is 3.30. The van der Waals surface area contributed by atoms with Gasteiger partial charge in [0, 0.05) is 16.4 Å².